The SMILES string of the molecule is Cc1ccc(N2c3ccccc3Cc3ccoc32)c2c1CCCO2. The van der Waals surface area contributed by atoms with Crippen LogP contribution in [-0.2, 0) is 12.8 Å². The van der Waals surface area contributed by atoms with Crippen LogP contribution in [0.15, 0.2) is 53.1 Å². The van der Waals surface area contributed by atoms with E-state index in [-0.39, 0.29) is 0 Å². The summed E-state index contributed by atoms with van der Waals surface area (Å²) in [7, 11) is 0. The van der Waals surface area contributed by atoms with Crippen LogP contribution in [-0.4, -0.2) is 6.61 Å². The molecule has 120 valence electrons. The second-order valence-electron chi connectivity index (χ2n) is 6.55. The van der Waals surface area contributed by atoms with E-state index in [2.05, 4.69) is 54.3 Å². The van der Waals surface area contributed by atoms with Crippen molar-refractivity contribution in [1.29, 1.82) is 0 Å². The van der Waals surface area contributed by atoms with Gasteiger partial charge < -0.3 is 9.15 Å². The Hall–Kier alpha value is -2.68. The van der Waals surface area contributed by atoms with Crippen molar-refractivity contribution in [3.8, 4) is 5.75 Å². The van der Waals surface area contributed by atoms with Gasteiger partial charge in [-0.2, -0.15) is 0 Å². The lowest BCUT2D eigenvalue weighted by Crippen LogP contribution is -2.20. The molecule has 1 aromatic heterocycles. The number of hydrogen-bond donors (Lipinski definition) is 0. The number of ether oxygens (including phenoxy) is 1. The van der Waals surface area contributed by atoms with Crippen molar-refractivity contribution in [2.75, 3.05) is 11.5 Å². The number of fused-ring (bicyclic) bond motifs is 3. The van der Waals surface area contributed by atoms with Crippen LogP contribution in [0.1, 0.15) is 28.7 Å². The van der Waals surface area contributed by atoms with Crippen molar-refractivity contribution in [2.24, 2.45) is 0 Å². The maximum Gasteiger partial charge on any atom is 0.207 e. The number of hydrogen-bond acceptors (Lipinski definition) is 3. The number of para-hydroxylation sites is 1. The zero-order valence-corrected chi connectivity index (χ0v) is 13.7. The van der Waals surface area contributed by atoms with Crippen LogP contribution >= 0.6 is 0 Å². The van der Waals surface area contributed by atoms with Gasteiger partial charge in [-0.15, -0.1) is 0 Å². The minimum Gasteiger partial charge on any atom is -0.491 e. The third-order valence-corrected chi connectivity index (χ3v) is 5.07. The third-order valence-electron chi connectivity index (χ3n) is 5.07. The molecule has 24 heavy (non-hydrogen) atoms. The van der Waals surface area contributed by atoms with Gasteiger partial charge >= 0.3 is 0 Å². The molecule has 0 amide bonds. The minimum atomic E-state index is 0.782. The number of furan rings is 1. The molecular formula is C21H19NO2. The van der Waals surface area contributed by atoms with E-state index in [9.17, 15) is 0 Å². The fraction of sp³-hybridized carbons (Fsp3) is 0.238. The summed E-state index contributed by atoms with van der Waals surface area (Å²) in [5.41, 5.74) is 7.43. The molecule has 3 heterocycles. The largest absolute Gasteiger partial charge is 0.491 e. The molecule has 0 atom stereocenters. The quantitative estimate of drug-likeness (QED) is 0.477. The van der Waals surface area contributed by atoms with Crippen molar-refractivity contribution < 1.29 is 9.15 Å². The van der Waals surface area contributed by atoms with Gasteiger partial charge in [-0.05, 0) is 54.7 Å². The minimum absolute atomic E-state index is 0.782. The Morgan fingerprint density at radius 2 is 1.88 bits per heavy atom. The predicted octanol–water partition coefficient (Wildman–Crippen LogP) is 5.29. The zero-order valence-electron chi connectivity index (χ0n) is 13.7. The Morgan fingerprint density at radius 1 is 0.958 bits per heavy atom. The van der Waals surface area contributed by atoms with Gasteiger partial charge in [0.05, 0.1) is 24.2 Å². The second kappa shape index (κ2) is 5.17. The van der Waals surface area contributed by atoms with Gasteiger partial charge in [-0.1, -0.05) is 24.3 Å². The molecule has 0 spiro atoms. The number of anilines is 3. The molecule has 2 aromatic carbocycles. The Balaban J connectivity index is 1.77. The summed E-state index contributed by atoms with van der Waals surface area (Å²) in [6, 6.07) is 15.0. The molecule has 3 aromatic rings. The molecule has 5 rings (SSSR count). The molecule has 0 saturated carbocycles. The van der Waals surface area contributed by atoms with Crippen LogP contribution in [0.5, 0.6) is 5.75 Å². The topological polar surface area (TPSA) is 25.6 Å². The first-order chi connectivity index (χ1) is 11.8. The number of nitrogens with zero attached hydrogens (tertiary/aromatic N) is 1. The van der Waals surface area contributed by atoms with Crippen molar-refractivity contribution in [1.82, 2.24) is 0 Å². The van der Waals surface area contributed by atoms with Crippen LogP contribution in [0.2, 0.25) is 0 Å². The standard InChI is InChI=1S/C21H19NO2/c1-14-8-9-19(20-17(14)6-4-11-23-20)22-18-7-3-2-5-15(18)13-16-10-12-24-21(16)22/h2-3,5,7-10,12H,4,6,11,13H2,1H3. The third kappa shape index (κ3) is 1.91. The highest BCUT2D eigenvalue weighted by atomic mass is 16.5. The van der Waals surface area contributed by atoms with E-state index in [1.807, 2.05) is 0 Å². The van der Waals surface area contributed by atoms with E-state index < -0.39 is 0 Å². The van der Waals surface area contributed by atoms with Gasteiger partial charge in [0.25, 0.3) is 0 Å². The molecule has 2 aliphatic heterocycles. The number of benzene rings is 2. The van der Waals surface area contributed by atoms with Gasteiger partial charge in [0.2, 0.25) is 5.88 Å². The van der Waals surface area contributed by atoms with Crippen LogP contribution in [0.25, 0.3) is 0 Å². The fourth-order valence-electron chi connectivity index (χ4n) is 3.88. The van der Waals surface area contributed by atoms with E-state index >= 15 is 0 Å². The lowest BCUT2D eigenvalue weighted by Gasteiger charge is -2.33. The van der Waals surface area contributed by atoms with Crippen LogP contribution < -0.4 is 9.64 Å². The van der Waals surface area contributed by atoms with Crippen LogP contribution in [0, 0.1) is 6.92 Å². The van der Waals surface area contributed by atoms with Gasteiger partial charge in [0, 0.05) is 12.0 Å². The molecule has 0 radical (unpaired) electrons. The molecule has 0 bridgehead atoms. The fourth-order valence-corrected chi connectivity index (χ4v) is 3.88. The molecule has 3 nitrogen and oxygen atoms in total. The zero-order chi connectivity index (χ0) is 16.1. The second-order valence-corrected chi connectivity index (χ2v) is 6.55. The van der Waals surface area contributed by atoms with Gasteiger partial charge in [-0.3, -0.25) is 4.90 Å². The van der Waals surface area contributed by atoms with Crippen molar-refractivity contribution in [3.63, 3.8) is 0 Å². The maximum atomic E-state index is 6.11. The Morgan fingerprint density at radius 3 is 2.83 bits per heavy atom. The van der Waals surface area contributed by atoms with Crippen molar-refractivity contribution >= 4 is 17.3 Å². The lowest BCUT2D eigenvalue weighted by atomic mass is 9.96. The Kier molecular flexibility index (Phi) is 2.96. The molecule has 3 heteroatoms. The highest BCUT2D eigenvalue weighted by Gasteiger charge is 2.30. The van der Waals surface area contributed by atoms with Crippen molar-refractivity contribution in [2.45, 2.75) is 26.2 Å². The molecule has 0 aliphatic carbocycles. The van der Waals surface area contributed by atoms with Gasteiger partial charge in [-0.25, -0.2) is 0 Å². The van der Waals surface area contributed by atoms with E-state index in [0.717, 1.165) is 43.2 Å². The van der Waals surface area contributed by atoms with E-state index in [1.54, 1.807) is 6.26 Å². The summed E-state index contributed by atoms with van der Waals surface area (Å²) >= 11 is 0. The first kappa shape index (κ1) is 13.7. The van der Waals surface area contributed by atoms with Crippen molar-refractivity contribution in [3.05, 3.63) is 71.0 Å². The van der Waals surface area contributed by atoms with Gasteiger partial charge in [0.15, 0.2) is 0 Å². The average molecular weight is 317 g/mol. The van der Waals surface area contributed by atoms with Crippen LogP contribution in [0.4, 0.5) is 17.3 Å². The number of aryl methyl sites for hydroxylation is 1. The first-order valence-corrected chi connectivity index (χ1v) is 8.52. The average Bonchev–Trinajstić information content (AvgIpc) is 3.09. The first-order valence-electron chi connectivity index (χ1n) is 8.52. The highest BCUT2D eigenvalue weighted by molar-refractivity contribution is 5.84. The molecule has 0 fully saturated rings. The lowest BCUT2D eigenvalue weighted by molar-refractivity contribution is 0.288. The molecular weight excluding hydrogens is 298 g/mol. The highest BCUT2D eigenvalue weighted by Crippen LogP contribution is 2.49. The summed E-state index contributed by atoms with van der Waals surface area (Å²) in [5, 5.41) is 0. The smallest absolute Gasteiger partial charge is 0.207 e. The molecule has 0 unspecified atom stereocenters. The Bertz CT molecular complexity index is 925. The molecule has 0 N–H and O–H groups in total. The predicted molar refractivity (Wildman–Crippen MR) is 94.8 cm³/mol. The maximum absolute atomic E-state index is 6.11. The van der Waals surface area contributed by atoms with E-state index in [0.29, 0.717) is 0 Å². The molecule has 2 aliphatic rings. The summed E-state index contributed by atoms with van der Waals surface area (Å²) in [6.07, 6.45) is 4.86. The summed E-state index contributed by atoms with van der Waals surface area (Å²) in [5.74, 6) is 1.93. The monoisotopic (exact) mass is 317 g/mol. The van der Waals surface area contributed by atoms with E-state index in [1.165, 1.54) is 27.9 Å². The normalized spacial score (nSPS) is 15.3. The molecule has 0 saturated heterocycles. The van der Waals surface area contributed by atoms with Gasteiger partial charge in [0.1, 0.15) is 5.75 Å². The summed E-state index contributed by atoms with van der Waals surface area (Å²) in [6.45, 7) is 2.95. The summed E-state index contributed by atoms with van der Waals surface area (Å²) < 4.78 is 12.0. The van der Waals surface area contributed by atoms with E-state index in [4.69, 9.17) is 9.15 Å². The summed E-state index contributed by atoms with van der Waals surface area (Å²) in [4.78, 5) is 2.22. The van der Waals surface area contributed by atoms with Crippen LogP contribution in [0.3, 0.4) is 0 Å². The number of rotatable bonds is 1. The Labute approximate surface area is 141 Å².